The van der Waals surface area contributed by atoms with Gasteiger partial charge < -0.3 is 14.2 Å². The molecule has 1 fully saturated rings. The van der Waals surface area contributed by atoms with Crippen molar-refractivity contribution in [1.82, 2.24) is 0 Å². The maximum absolute atomic E-state index is 14.7. The number of ether oxygens (including phenoxy) is 3. The Kier molecular flexibility index (Phi) is 9.86. The molecule has 0 bridgehead atoms. The zero-order valence-electron chi connectivity index (χ0n) is 21.2. The van der Waals surface area contributed by atoms with Crippen LogP contribution in [0.3, 0.4) is 0 Å². The van der Waals surface area contributed by atoms with Crippen molar-refractivity contribution in [2.45, 2.75) is 58.3 Å². The molecule has 2 aromatic carbocycles. The second-order valence-corrected chi connectivity index (χ2v) is 9.55. The maximum atomic E-state index is 14.7. The third-order valence-corrected chi connectivity index (χ3v) is 6.42. The highest BCUT2D eigenvalue weighted by Gasteiger charge is 2.25. The van der Waals surface area contributed by atoms with Crippen LogP contribution >= 0.6 is 0 Å². The minimum Gasteiger partial charge on any atom is -0.493 e. The third-order valence-electron chi connectivity index (χ3n) is 6.42. The molecule has 0 spiro atoms. The molecule has 1 aliphatic rings. The molecule has 0 unspecified atom stereocenters. The lowest BCUT2D eigenvalue weighted by Crippen LogP contribution is -2.20. The molecule has 6 heteroatoms. The Morgan fingerprint density at radius 2 is 1.56 bits per heavy atom. The minimum atomic E-state index is -0.557. The lowest BCUT2D eigenvalue weighted by molar-refractivity contribution is -0.139. The Balaban J connectivity index is 1.39. The van der Waals surface area contributed by atoms with Crippen LogP contribution in [0, 0.1) is 11.7 Å². The number of hydrogen-bond acceptors (Lipinski definition) is 5. The van der Waals surface area contributed by atoms with E-state index in [1.807, 2.05) is 24.3 Å². The minimum absolute atomic E-state index is 0.154. The number of benzene rings is 2. The van der Waals surface area contributed by atoms with Crippen LogP contribution in [0.1, 0.15) is 63.0 Å². The summed E-state index contributed by atoms with van der Waals surface area (Å²) >= 11 is 0. The van der Waals surface area contributed by atoms with Gasteiger partial charge in [-0.05, 0) is 93.5 Å². The molecular weight excluding hydrogens is 459 g/mol. The Bertz CT molecular complexity index is 1080. The molecule has 1 saturated carbocycles. The van der Waals surface area contributed by atoms with Crippen molar-refractivity contribution in [3.05, 3.63) is 83.7 Å². The van der Waals surface area contributed by atoms with E-state index >= 15 is 0 Å². The lowest BCUT2D eigenvalue weighted by Gasteiger charge is -2.29. The summed E-state index contributed by atoms with van der Waals surface area (Å²) < 4.78 is 30.9. The van der Waals surface area contributed by atoms with Crippen LogP contribution in [0.4, 0.5) is 4.39 Å². The van der Waals surface area contributed by atoms with E-state index in [-0.39, 0.29) is 29.0 Å². The van der Waals surface area contributed by atoms with Crippen LogP contribution in [0.5, 0.6) is 11.5 Å². The van der Waals surface area contributed by atoms with E-state index in [0.717, 1.165) is 49.8 Å². The Morgan fingerprint density at radius 1 is 0.917 bits per heavy atom. The quantitative estimate of drug-likeness (QED) is 0.150. The molecule has 0 radical (unpaired) electrons. The molecule has 0 heterocycles. The van der Waals surface area contributed by atoms with Crippen molar-refractivity contribution in [3.63, 3.8) is 0 Å². The summed E-state index contributed by atoms with van der Waals surface area (Å²) in [7, 11) is 0. The van der Waals surface area contributed by atoms with Crippen LogP contribution in [0.2, 0.25) is 0 Å². The molecule has 5 nitrogen and oxygen atoms in total. The van der Waals surface area contributed by atoms with Crippen LogP contribution in [-0.4, -0.2) is 25.2 Å². The highest BCUT2D eigenvalue weighted by atomic mass is 19.1. The highest BCUT2D eigenvalue weighted by Crippen LogP contribution is 2.38. The molecule has 3 rings (SSSR count). The number of esters is 2. The molecule has 0 aromatic heterocycles. The van der Waals surface area contributed by atoms with E-state index in [4.69, 9.17) is 14.2 Å². The molecular formula is C30H35FO5. The van der Waals surface area contributed by atoms with Gasteiger partial charge in [0, 0.05) is 17.2 Å². The van der Waals surface area contributed by atoms with Gasteiger partial charge >= 0.3 is 11.9 Å². The summed E-state index contributed by atoms with van der Waals surface area (Å²) in [5, 5.41) is 0. The number of carbonyl (C=O) groups excluding carboxylic acids is 2. The first kappa shape index (κ1) is 27.2. The topological polar surface area (TPSA) is 61.8 Å². The zero-order valence-corrected chi connectivity index (χ0v) is 21.2. The summed E-state index contributed by atoms with van der Waals surface area (Å²) in [5.41, 5.74) is 2.52. The van der Waals surface area contributed by atoms with Gasteiger partial charge in [0.25, 0.3) is 0 Å². The van der Waals surface area contributed by atoms with Gasteiger partial charge in [0.2, 0.25) is 0 Å². The SMILES string of the molecule is C=C(C)C(=O)OCCCc1ccc(OCC2CCC(c3ccc(OC(=O)C(=C)C)cc3F)CC2)cc1. The Labute approximate surface area is 213 Å². The van der Waals surface area contributed by atoms with Crippen LogP contribution in [0.15, 0.2) is 66.8 Å². The molecule has 2 aromatic rings. The van der Waals surface area contributed by atoms with Crippen molar-refractivity contribution < 1.29 is 28.2 Å². The zero-order chi connectivity index (χ0) is 26.1. The van der Waals surface area contributed by atoms with Gasteiger partial charge in [-0.15, -0.1) is 0 Å². The van der Waals surface area contributed by atoms with Crippen molar-refractivity contribution >= 4 is 11.9 Å². The number of hydrogen-bond donors (Lipinski definition) is 0. The van der Waals surface area contributed by atoms with Gasteiger partial charge in [-0.2, -0.15) is 0 Å². The molecule has 36 heavy (non-hydrogen) atoms. The summed E-state index contributed by atoms with van der Waals surface area (Å²) in [6.07, 6.45) is 5.30. The molecule has 0 atom stereocenters. The molecule has 0 aliphatic heterocycles. The molecule has 0 N–H and O–H groups in total. The van der Waals surface area contributed by atoms with E-state index in [2.05, 4.69) is 13.2 Å². The standard InChI is InChI=1S/C30H35FO5/c1-20(2)29(32)34-17-5-6-22-9-13-25(14-10-22)35-19-23-7-11-24(12-8-23)27-16-15-26(18-28(27)31)36-30(33)21(3)4/h9-10,13-16,18,23-24H,1,3,5-8,11-12,17,19H2,2,4H3. The van der Waals surface area contributed by atoms with Gasteiger partial charge in [-0.3, -0.25) is 0 Å². The fourth-order valence-electron chi connectivity index (χ4n) is 4.27. The van der Waals surface area contributed by atoms with Crippen LogP contribution < -0.4 is 9.47 Å². The fourth-order valence-corrected chi connectivity index (χ4v) is 4.27. The van der Waals surface area contributed by atoms with E-state index in [1.165, 1.54) is 6.07 Å². The van der Waals surface area contributed by atoms with Crippen molar-refractivity contribution in [2.75, 3.05) is 13.2 Å². The Morgan fingerprint density at radius 3 is 2.17 bits per heavy atom. The lowest BCUT2D eigenvalue weighted by atomic mass is 9.79. The highest BCUT2D eigenvalue weighted by molar-refractivity contribution is 5.88. The van der Waals surface area contributed by atoms with Crippen molar-refractivity contribution in [1.29, 1.82) is 0 Å². The summed E-state index contributed by atoms with van der Waals surface area (Å²) in [6, 6.07) is 12.7. The molecule has 0 amide bonds. The molecule has 0 saturated heterocycles. The van der Waals surface area contributed by atoms with E-state index in [9.17, 15) is 14.0 Å². The number of carbonyl (C=O) groups is 2. The van der Waals surface area contributed by atoms with Crippen molar-refractivity contribution in [2.24, 2.45) is 5.92 Å². The third kappa shape index (κ3) is 8.08. The average Bonchev–Trinajstić information content (AvgIpc) is 2.86. The second-order valence-electron chi connectivity index (χ2n) is 9.55. The number of halogens is 1. The fraction of sp³-hybridized carbons (Fsp3) is 0.400. The number of aryl methyl sites for hydroxylation is 1. The largest absolute Gasteiger partial charge is 0.493 e. The van der Waals surface area contributed by atoms with Crippen molar-refractivity contribution in [3.8, 4) is 11.5 Å². The van der Waals surface area contributed by atoms with Gasteiger partial charge in [-0.25, -0.2) is 14.0 Å². The first-order chi connectivity index (χ1) is 17.2. The normalized spacial score (nSPS) is 17.2. The van der Waals surface area contributed by atoms with Gasteiger partial charge in [0.05, 0.1) is 13.2 Å². The first-order valence-corrected chi connectivity index (χ1v) is 12.4. The smallest absolute Gasteiger partial charge is 0.338 e. The monoisotopic (exact) mass is 494 g/mol. The van der Waals surface area contributed by atoms with Crippen LogP contribution in [0.25, 0.3) is 0 Å². The first-order valence-electron chi connectivity index (χ1n) is 12.4. The van der Waals surface area contributed by atoms with E-state index in [1.54, 1.807) is 26.0 Å². The molecule has 1 aliphatic carbocycles. The predicted molar refractivity (Wildman–Crippen MR) is 138 cm³/mol. The van der Waals surface area contributed by atoms with E-state index < -0.39 is 5.97 Å². The van der Waals surface area contributed by atoms with Gasteiger partial charge in [0.15, 0.2) is 0 Å². The van der Waals surface area contributed by atoms with Crippen LogP contribution in [-0.2, 0) is 20.7 Å². The van der Waals surface area contributed by atoms with E-state index in [0.29, 0.717) is 30.3 Å². The van der Waals surface area contributed by atoms with Gasteiger partial charge in [0.1, 0.15) is 17.3 Å². The Hall–Kier alpha value is -3.41. The average molecular weight is 495 g/mol. The summed E-state index contributed by atoms with van der Waals surface area (Å²) in [5.74, 6) is 0.375. The predicted octanol–water partition coefficient (Wildman–Crippen LogP) is 6.71. The number of rotatable bonds is 11. The summed E-state index contributed by atoms with van der Waals surface area (Å²) in [4.78, 5) is 23.0. The summed E-state index contributed by atoms with van der Waals surface area (Å²) in [6.45, 7) is 11.3. The van der Waals surface area contributed by atoms with Gasteiger partial charge in [-0.1, -0.05) is 31.4 Å². The molecule has 192 valence electrons. The second kappa shape index (κ2) is 13.1. The maximum Gasteiger partial charge on any atom is 0.338 e.